The van der Waals surface area contributed by atoms with Gasteiger partial charge in [0, 0.05) is 13.1 Å². The van der Waals surface area contributed by atoms with Gasteiger partial charge in [-0.2, -0.15) is 0 Å². The second kappa shape index (κ2) is 5.46. The molecule has 0 atom stereocenters. The van der Waals surface area contributed by atoms with Gasteiger partial charge in [-0.3, -0.25) is 0 Å². The summed E-state index contributed by atoms with van der Waals surface area (Å²) >= 11 is 0. The molecule has 148 valence electrons. The number of benzene rings is 2. The third-order valence-corrected chi connectivity index (χ3v) is 7.45. The van der Waals surface area contributed by atoms with Gasteiger partial charge in [-0.1, -0.05) is 33.8 Å². The number of para-hydroxylation sites is 1. The molecule has 0 saturated heterocycles. The van der Waals surface area contributed by atoms with Crippen molar-refractivity contribution in [3.63, 3.8) is 0 Å². The Balaban J connectivity index is 1.77. The molecule has 0 aromatic heterocycles. The van der Waals surface area contributed by atoms with E-state index in [1.54, 1.807) is 5.56 Å². The monoisotopic (exact) mass is 375 g/mol. The van der Waals surface area contributed by atoms with Crippen molar-refractivity contribution in [1.82, 2.24) is 0 Å². The van der Waals surface area contributed by atoms with Crippen LogP contribution in [-0.2, 0) is 10.8 Å². The maximum atomic E-state index is 2.55. The van der Waals surface area contributed by atoms with Crippen LogP contribution in [0, 0.1) is 0 Å². The molecular formula is C25H33N3. The van der Waals surface area contributed by atoms with Crippen LogP contribution in [0.5, 0.6) is 0 Å². The molecule has 0 spiro atoms. The fourth-order valence-corrected chi connectivity index (χ4v) is 5.44. The third kappa shape index (κ3) is 2.22. The van der Waals surface area contributed by atoms with Crippen LogP contribution in [0.15, 0.2) is 30.3 Å². The van der Waals surface area contributed by atoms with Gasteiger partial charge in [0.15, 0.2) is 0 Å². The largest absolute Gasteiger partial charge is 0.349 e. The Bertz CT molecular complexity index is 970. The Kier molecular flexibility index (Phi) is 3.49. The van der Waals surface area contributed by atoms with Crippen molar-refractivity contribution in [1.29, 1.82) is 0 Å². The van der Waals surface area contributed by atoms with E-state index >= 15 is 0 Å². The molecule has 3 heteroatoms. The summed E-state index contributed by atoms with van der Waals surface area (Å²) in [5.41, 5.74) is 10.3. The SMILES string of the molecule is CC(C)N1CN2c3cc4c(cc3N(C)c3cccc1c32)C(C)(C)CCC4(C)C. The van der Waals surface area contributed by atoms with Gasteiger partial charge >= 0.3 is 0 Å². The molecule has 2 aromatic rings. The van der Waals surface area contributed by atoms with Crippen LogP contribution in [0.4, 0.5) is 28.4 Å². The molecule has 0 amide bonds. The van der Waals surface area contributed by atoms with Crippen LogP contribution in [0.3, 0.4) is 0 Å². The van der Waals surface area contributed by atoms with Crippen molar-refractivity contribution in [2.45, 2.75) is 71.3 Å². The predicted octanol–water partition coefficient (Wildman–Crippen LogP) is 6.44. The molecule has 2 aromatic carbocycles. The second-order valence-corrected chi connectivity index (χ2v) is 10.5. The van der Waals surface area contributed by atoms with E-state index in [9.17, 15) is 0 Å². The minimum absolute atomic E-state index is 0.232. The first-order chi connectivity index (χ1) is 13.1. The fourth-order valence-electron chi connectivity index (χ4n) is 5.44. The van der Waals surface area contributed by atoms with E-state index in [1.807, 2.05) is 0 Å². The number of fused-ring (bicyclic) bond motifs is 3. The van der Waals surface area contributed by atoms with Crippen molar-refractivity contribution in [3.8, 4) is 0 Å². The van der Waals surface area contributed by atoms with E-state index in [0.29, 0.717) is 6.04 Å². The lowest BCUT2D eigenvalue weighted by atomic mass is 9.63. The molecule has 3 nitrogen and oxygen atoms in total. The molecule has 0 fully saturated rings. The lowest BCUT2D eigenvalue weighted by Crippen LogP contribution is -2.37. The van der Waals surface area contributed by atoms with Crippen molar-refractivity contribution >= 4 is 28.4 Å². The molecule has 2 heterocycles. The first kappa shape index (κ1) is 17.9. The van der Waals surface area contributed by atoms with Crippen LogP contribution in [-0.4, -0.2) is 19.8 Å². The highest BCUT2D eigenvalue weighted by Crippen LogP contribution is 2.57. The standard InChI is InChI=1S/C25H33N3/c1-16(2)27-15-28-22-14-18-17(24(3,4)11-12-25(18,5)6)13-21(22)26(7)19-9-8-10-20(27)23(19)28/h8-10,13-14,16H,11-12,15H2,1-7H3. The Labute approximate surface area is 169 Å². The maximum Gasteiger partial charge on any atom is 0.0957 e. The summed E-state index contributed by atoms with van der Waals surface area (Å²) in [5.74, 6) is 0. The smallest absolute Gasteiger partial charge is 0.0957 e. The van der Waals surface area contributed by atoms with E-state index in [2.05, 4.69) is 93.6 Å². The zero-order valence-electron chi connectivity index (χ0n) is 18.4. The summed E-state index contributed by atoms with van der Waals surface area (Å²) in [4.78, 5) is 7.49. The maximum absolute atomic E-state index is 2.55. The highest BCUT2D eigenvalue weighted by molar-refractivity contribution is 6.01. The van der Waals surface area contributed by atoms with E-state index < -0.39 is 0 Å². The summed E-state index contributed by atoms with van der Waals surface area (Å²) in [6, 6.07) is 12.3. The lowest BCUT2D eigenvalue weighted by Gasteiger charge is -2.44. The number of hydrogen-bond donors (Lipinski definition) is 0. The van der Waals surface area contributed by atoms with Crippen molar-refractivity contribution in [3.05, 3.63) is 41.5 Å². The summed E-state index contributed by atoms with van der Waals surface area (Å²) in [7, 11) is 2.23. The molecule has 3 aliphatic rings. The average Bonchev–Trinajstić information content (AvgIpc) is 3.04. The first-order valence-corrected chi connectivity index (χ1v) is 10.7. The first-order valence-electron chi connectivity index (χ1n) is 10.7. The zero-order chi connectivity index (χ0) is 20.0. The Morgan fingerprint density at radius 2 is 1.39 bits per heavy atom. The average molecular weight is 376 g/mol. The van der Waals surface area contributed by atoms with Gasteiger partial charge < -0.3 is 14.7 Å². The summed E-state index contributed by atoms with van der Waals surface area (Å²) < 4.78 is 0. The second-order valence-electron chi connectivity index (χ2n) is 10.5. The minimum Gasteiger partial charge on any atom is -0.349 e. The number of nitrogens with zero attached hydrogens (tertiary/aromatic N) is 3. The van der Waals surface area contributed by atoms with Gasteiger partial charge in [-0.05, 0) is 72.9 Å². The molecule has 1 aliphatic carbocycles. The van der Waals surface area contributed by atoms with Gasteiger partial charge in [0.25, 0.3) is 0 Å². The highest BCUT2D eigenvalue weighted by Gasteiger charge is 2.42. The Morgan fingerprint density at radius 1 is 0.821 bits per heavy atom. The normalized spacial score (nSPS) is 20.9. The lowest BCUT2D eigenvalue weighted by molar-refractivity contribution is 0.332. The molecule has 0 saturated carbocycles. The molecule has 0 radical (unpaired) electrons. The topological polar surface area (TPSA) is 9.72 Å². The predicted molar refractivity (Wildman–Crippen MR) is 121 cm³/mol. The van der Waals surface area contributed by atoms with Gasteiger partial charge in [-0.25, -0.2) is 0 Å². The number of hydrogen-bond acceptors (Lipinski definition) is 3. The van der Waals surface area contributed by atoms with Crippen molar-refractivity contribution in [2.24, 2.45) is 0 Å². The summed E-state index contributed by atoms with van der Waals surface area (Å²) in [6.07, 6.45) is 2.50. The molecule has 28 heavy (non-hydrogen) atoms. The van der Waals surface area contributed by atoms with Gasteiger partial charge in [0.05, 0.1) is 35.1 Å². The van der Waals surface area contributed by atoms with E-state index in [-0.39, 0.29) is 10.8 Å². The Morgan fingerprint density at radius 3 is 2.00 bits per heavy atom. The van der Waals surface area contributed by atoms with Gasteiger partial charge in [0.1, 0.15) is 0 Å². The fraction of sp³-hybridized carbons (Fsp3) is 0.520. The zero-order valence-corrected chi connectivity index (χ0v) is 18.4. The molecule has 0 N–H and O–H groups in total. The minimum atomic E-state index is 0.232. The van der Waals surface area contributed by atoms with Crippen LogP contribution < -0.4 is 14.7 Å². The summed E-state index contributed by atoms with van der Waals surface area (Å²) in [5, 5.41) is 0. The quantitative estimate of drug-likeness (QED) is 0.568. The van der Waals surface area contributed by atoms with Gasteiger partial charge in [-0.15, -0.1) is 0 Å². The van der Waals surface area contributed by atoms with Crippen LogP contribution in [0.1, 0.15) is 65.5 Å². The molecular weight excluding hydrogens is 342 g/mol. The molecule has 0 unspecified atom stereocenters. The summed E-state index contributed by atoms with van der Waals surface area (Å²) in [6.45, 7) is 15.2. The van der Waals surface area contributed by atoms with Crippen LogP contribution >= 0.6 is 0 Å². The number of anilines is 5. The van der Waals surface area contributed by atoms with E-state index in [0.717, 1.165) is 6.67 Å². The Hall–Kier alpha value is -2.16. The van der Waals surface area contributed by atoms with Crippen molar-refractivity contribution < 1.29 is 0 Å². The van der Waals surface area contributed by atoms with E-state index in [4.69, 9.17) is 0 Å². The van der Waals surface area contributed by atoms with Crippen LogP contribution in [0.2, 0.25) is 0 Å². The number of rotatable bonds is 1. The molecule has 2 aliphatic heterocycles. The highest BCUT2D eigenvalue weighted by atomic mass is 15.4. The molecule has 5 rings (SSSR count). The van der Waals surface area contributed by atoms with Gasteiger partial charge in [0.2, 0.25) is 0 Å². The van der Waals surface area contributed by atoms with Crippen LogP contribution in [0.25, 0.3) is 0 Å². The van der Waals surface area contributed by atoms with Crippen molar-refractivity contribution in [2.75, 3.05) is 28.4 Å². The molecule has 0 bridgehead atoms. The van der Waals surface area contributed by atoms with E-state index in [1.165, 1.54) is 46.8 Å². The third-order valence-electron chi connectivity index (χ3n) is 7.45.